The summed E-state index contributed by atoms with van der Waals surface area (Å²) in [6.07, 6.45) is 0. The number of nitrogens with two attached hydrogens (primary N) is 1. The molecule has 0 saturated heterocycles. The molecule has 0 amide bonds. The highest BCUT2D eigenvalue weighted by Crippen LogP contribution is 2.19. The zero-order chi connectivity index (χ0) is 10.7. The lowest BCUT2D eigenvalue weighted by molar-refractivity contribution is 0.0602. The minimum Gasteiger partial charge on any atom is -0.465 e. The van der Waals surface area contributed by atoms with E-state index in [9.17, 15) is 4.79 Å². The normalized spacial score (nSPS) is 9.21. The molecule has 0 radical (unpaired) electrons. The van der Waals surface area contributed by atoms with E-state index in [2.05, 4.69) is 4.74 Å². The Morgan fingerprint density at radius 1 is 1.57 bits per heavy atom. The monoisotopic (exact) mass is 190 g/mol. The van der Waals surface area contributed by atoms with E-state index in [1.54, 1.807) is 13.0 Å². The van der Waals surface area contributed by atoms with Crippen molar-refractivity contribution < 1.29 is 9.53 Å². The third-order valence-electron chi connectivity index (χ3n) is 1.92. The third-order valence-corrected chi connectivity index (χ3v) is 1.92. The predicted octanol–water partition coefficient (Wildman–Crippen LogP) is 1.24. The number of carbonyl (C=O) groups excluding carboxylic acids is 1. The van der Waals surface area contributed by atoms with Crippen molar-refractivity contribution in [2.24, 2.45) is 0 Å². The predicted molar refractivity (Wildman–Crippen MR) is 51.6 cm³/mol. The topological polar surface area (TPSA) is 76.1 Å². The Bertz CT molecular complexity index is 419. The smallest absolute Gasteiger partial charge is 0.340 e. The number of esters is 1. The average Bonchev–Trinajstić information content (AvgIpc) is 2.20. The summed E-state index contributed by atoms with van der Waals surface area (Å²) < 4.78 is 4.54. The quantitative estimate of drug-likeness (QED) is 0.533. The fourth-order valence-corrected chi connectivity index (χ4v) is 1.14. The van der Waals surface area contributed by atoms with Crippen LogP contribution in [-0.4, -0.2) is 13.1 Å². The highest BCUT2D eigenvalue weighted by molar-refractivity contribution is 5.96. The van der Waals surface area contributed by atoms with Crippen LogP contribution in [0.3, 0.4) is 0 Å². The van der Waals surface area contributed by atoms with E-state index in [1.807, 2.05) is 6.07 Å². The molecule has 0 aliphatic rings. The van der Waals surface area contributed by atoms with Crippen LogP contribution in [0.5, 0.6) is 0 Å². The number of nitrogen functional groups attached to an aromatic ring is 1. The third kappa shape index (κ3) is 1.67. The first-order chi connectivity index (χ1) is 6.60. The summed E-state index contributed by atoms with van der Waals surface area (Å²) in [7, 11) is 1.27. The Hall–Kier alpha value is -2.02. The number of carbonyl (C=O) groups is 1. The summed E-state index contributed by atoms with van der Waals surface area (Å²) in [4.78, 5) is 11.2. The van der Waals surface area contributed by atoms with Crippen LogP contribution in [0.15, 0.2) is 12.1 Å². The number of nitriles is 1. The molecular formula is C10H10N2O2. The van der Waals surface area contributed by atoms with Crippen molar-refractivity contribution in [2.45, 2.75) is 6.92 Å². The number of nitrogens with zero attached hydrogens (tertiary/aromatic N) is 1. The molecule has 1 aromatic rings. The molecule has 2 N–H and O–H groups in total. The molecule has 4 nitrogen and oxygen atoms in total. The van der Waals surface area contributed by atoms with Gasteiger partial charge in [0, 0.05) is 5.69 Å². The lowest BCUT2D eigenvalue weighted by Gasteiger charge is -2.06. The van der Waals surface area contributed by atoms with E-state index in [0.717, 1.165) is 0 Å². The maximum atomic E-state index is 11.2. The average molecular weight is 190 g/mol. The molecule has 0 fully saturated rings. The minimum absolute atomic E-state index is 0.240. The van der Waals surface area contributed by atoms with E-state index < -0.39 is 5.97 Å². The largest absolute Gasteiger partial charge is 0.465 e. The van der Waals surface area contributed by atoms with Gasteiger partial charge in [-0.3, -0.25) is 0 Å². The second-order valence-corrected chi connectivity index (χ2v) is 2.86. The number of aryl methyl sites for hydroxylation is 1. The number of benzene rings is 1. The number of rotatable bonds is 1. The SMILES string of the molecule is COC(=O)c1cc(C#N)cc(C)c1N. The van der Waals surface area contributed by atoms with Gasteiger partial charge in [-0.1, -0.05) is 0 Å². The second-order valence-electron chi connectivity index (χ2n) is 2.86. The minimum atomic E-state index is -0.525. The fraction of sp³-hybridized carbons (Fsp3) is 0.200. The number of ether oxygens (including phenoxy) is 1. The molecule has 0 spiro atoms. The molecule has 0 atom stereocenters. The van der Waals surface area contributed by atoms with Gasteiger partial charge in [-0.15, -0.1) is 0 Å². The van der Waals surface area contributed by atoms with E-state index in [-0.39, 0.29) is 5.56 Å². The van der Waals surface area contributed by atoms with Crippen molar-refractivity contribution in [1.82, 2.24) is 0 Å². The van der Waals surface area contributed by atoms with Crippen LogP contribution in [0.4, 0.5) is 5.69 Å². The summed E-state index contributed by atoms with van der Waals surface area (Å²) in [6, 6.07) is 5.00. The van der Waals surface area contributed by atoms with Gasteiger partial charge < -0.3 is 10.5 Å². The van der Waals surface area contributed by atoms with Crippen LogP contribution in [0.25, 0.3) is 0 Å². The Kier molecular flexibility index (Phi) is 2.73. The molecule has 0 bridgehead atoms. The fourth-order valence-electron chi connectivity index (χ4n) is 1.14. The summed E-state index contributed by atoms with van der Waals surface area (Å²) in [5.41, 5.74) is 7.37. The lowest BCUT2D eigenvalue weighted by Crippen LogP contribution is -2.07. The molecule has 0 saturated carbocycles. The van der Waals surface area contributed by atoms with Crippen LogP contribution in [0.1, 0.15) is 21.5 Å². The molecule has 4 heteroatoms. The van der Waals surface area contributed by atoms with Gasteiger partial charge in [0.05, 0.1) is 24.3 Å². The van der Waals surface area contributed by atoms with Gasteiger partial charge in [0.2, 0.25) is 0 Å². The van der Waals surface area contributed by atoms with Crippen molar-refractivity contribution in [1.29, 1.82) is 5.26 Å². The highest BCUT2D eigenvalue weighted by Gasteiger charge is 2.12. The Morgan fingerprint density at radius 3 is 2.71 bits per heavy atom. The molecule has 0 unspecified atom stereocenters. The molecule has 0 heterocycles. The second kappa shape index (κ2) is 3.79. The van der Waals surface area contributed by atoms with Crippen LogP contribution < -0.4 is 5.73 Å². The first kappa shape index (κ1) is 10.1. The summed E-state index contributed by atoms with van der Waals surface area (Å²) >= 11 is 0. The lowest BCUT2D eigenvalue weighted by atomic mass is 10.0. The van der Waals surface area contributed by atoms with Gasteiger partial charge in [0.1, 0.15) is 0 Å². The molecular weight excluding hydrogens is 180 g/mol. The van der Waals surface area contributed by atoms with Gasteiger partial charge >= 0.3 is 5.97 Å². The van der Waals surface area contributed by atoms with Crippen molar-refractivity contribution in [3.63, 3.8) is 0 Å². The molecule has 14 heavy (non-hydrogen) atoms. The van der Waals surface area contributed by atoms with E-state index in [0.29, 0.717) is 16.8 Å². The van der Waals surface area contributed by atoms with E-state index in [1.165, 1.54) is 13.2 Å². The molecule has 0 aliphatic carbocycles. The number of hydrogen-bond acceptors (Lipinski definition) is 4. The number of anilines is 1. The van der Waals surface area contributed by atoms with Crippen molar-refractivity contribution in [3.05, 3.63) is 28.8 Å². The van der Waals surface area contributed by atoms with Crippen LogP contribution >= 0.6 is 0 Å². The van der Waals surface area contributed by atoms with Crippen LogP contribution in [0.2, 0.25) is 0 Å². The van der Waals surface area contributed by atoms with Gasteiger partial charge in [-0.2, -0.15) is 5.26 Å². The summed E-state index contributed by atoms with van der Waals surface area (Å²) in [6.45, 7) is 1.74. The Balaban J connectivity index is 3.36. The van der Waals surface area contributed by atoms with Gasteiger partial charge in [-0.05, 0) is 24.6 Å². The Morgan fingerprint density at radius 2 is 2.21 bits per heavy atom. The van der Waals surface area contributed by atoms with Crippen LogP contribution in [-0.2, 0) is 4.74 Å². The first-order valence-corrected chi connectivity index (χ1v) is 3.98. The van der Waals surface area contributed by atoms with Crippen molar-refractivity contribution >= 4 is 11.7 Å². The van der Waals surface area contributed by atoms with Gasteiger partial charge in [0.25, 0.3) is 0 Å². The number of hydrogen-bond donors (Lipinski definition) is 1. The zero-order valence-electron chi connectivity index (χ0n) is 8.00. The summed E-state index contributed by atoms with van der Waals surface area (Å²) in [5.74, 6) is -0.525. The maximum absolute atomic E-state index is 11.2. The Labute approximate surface area is 81.9 Å². The maximum Gasteiger partial charge on any atom is 0.340 e. The van der Waals surface area contributed by atoms with E-state index in [4.69, 9.17) is 11.0 Å². The highest BCUT2D eigenvalue weighted by atomic mass is 16.5. The molecule has 1 rings (SSSR count). The molecule has 72 valence electrons. The molecule has 0 aromatic heterocycles. The summed E-state index contributed by atoms with van der Waals surface area (Å²) in [5, 5.41) is 8.69. The van der Waals surface area contributed by atoms with Crippen molar-refractivity contribution in [2.75, 3.05) is 12.8 Å². The standard InChI is InChI=1S/C10H10N2O2/c1-6-3-7(5-11)4-8(9(6)12)10(13)14-2/h3-4H,12H2,1-2H3. The first-order valence-electron chi connectivity index (χ1n) is 3.98. The molecule has 0 aliphatic heterocycles. The van der Waals surface area contributed by atoms with Gasteiger partial charge in [0.15, 0.2) is 0 Å². The van der Waals surface area contributed by atoms with Gasteiger partial charge in [-0.25, -0.2) is 4.79 Å². The van der Waals surface area contributed by atoms with E-state index >= 15 is 0 Å². The van der Waals surface area contributed by atoms with Crippen molar-refractivity contribution in [3.8, 4) is 6.07 Å². The number of methoxy groups -OCH3 is 1. The molecule has 1 aromatic carbocycles. The zero-order valence-corrected chi connectivity index (χ0v) is 8.00. The van der Waals surface area contributed by atoms with Crippen LogP contribution in [0, 0.1) is 18.3 Å².